The lowest BCUT2D eigenvalue weighted by Gasteiger charge is -2.49. The van der Waals surface area contributed by atoms with Crippen LogP contribution in [0.25, 0.3) is 0 Å². The Balaban J connectivity index is 1.67. The molecule has 0 spiro atoms. The number of carbonyl (C=O) groups excluding carboxylic acids is 1. The third-order valence-corrected chi connectivity index (χ3v) is 4.92. The van der Waals surface area contributed by atoms with E-state index in [1.807, 2.05) is 0 Å². The van der Waals surface area contributed by atoms with Crippen molar-refractivity contribution in [3.05, 3.63) is 24.2 Å². The highest BCUT2D eigenvalue weighted by Gasteiger charge is 2.40. The fraction of sp³-hybridized carbons (Fsp3) is 0.688. The second kappa shape index (κ2) is 6.81. The minimum atomic E-state index is -0.128. The summed E-state index contributed by atoms with van der Waals surface area (Å²) in [4.78, 5) is 17.0. The predicted molar refractivity (Wildman–Crippen MR) is 82.9 cm³/mol. The Bertz CT molecular complexity index is 475. The fourth-order valence-corrected chi connectivity index (χ4v) is 3.42. The second-order valence-electron chi connectivity index (χ2n) is 6.29. The van der Waals surface area contributed by atoms with Crippen LogP contribution in [-0.2, 0) is 4.74 Å². The number of piperidine rings is 1. The molecule has 2 aliphatic heterocycles. The van der Waals surface area contributed by atoms with E-state index in [1.165, 1.54) is 6.26 Å². The first kappa shape index (κ1) is 15.5. The Kier molecular flexibility index (Phi) is 4.81. The standard InChI is InChI=1S/C16H25N3O3/c1-18-6-4-16(5-7-18,19-8-11-21-12-9-19)13-17-15(20)14-3-2-10-22-14/h2-3,10H,4-9,11-13H2,1H3,(H,17,20). The van der Waals surface area contributed by atoms with Gasteiger partial charge in [-0.1, -0.05) is 0 Å². The van der Waals surface area contributed by atoms with Crippen LogP contribution < -0.4 is 5.32 Å². The number of morpholine rings is 1. The molecule has 1 aromatic rings. The van der Waals surface area contributed by atoms with E-state index in [0.717, 1.165) is 52.2 Å². The van der Waals surface area contributed by atoms with Gasteiger partial charge in [0.15, 0.2) is 5.76 Å². The summed E-state index contributed by atoms with van der Waals surface area (Å²) in [6.45, 7) is 6.25. The summed E-state index contributed by atoms with van der Waals surface area (Å²) in [5.74, 6) is 0.251. The van der Waals surface area contributed by atoms with Gasteiger partial charge in [0.2, 0.25) is 0 Å². The van der Waals surface area contributed by atoms with E-state index in [-0.39, 0.29) is 11.4 Å². The smallest absolute Gasteiger partial charge is 0.287 e. The minimum absolute atomic E-state index is 0.0402. The van der Waals surface area contributed by atoms with Crippen LogP contribution in [-0.4, -0.2) is 74.2 Å². The van der Waals surface area contributed by atoms with Gasteiger partial charge in [-0.25, -0.2) is 0 Å². The molecule has 0 bridgehead atoms. The lowest BCUT2D eigenvalue weighted by molar-refractivity contribution is -0.0439. The first-order valence-corrected chi connectivity index (χ1v) is 8.03. The maximum Gasteiger partial charge on any atom is 0.287 e. The van der Waals surface area contributed by atoms with Crippen molar-refractivity contribution >= 4 is 5.91 Å². The molecular weight excluding hydrogens is 282 g/mol. The number of likely N-dealkylation sites (tertiary alicyclic amines) is 1. The van der Waals surface area contributed by atoms with Gasteiger partial charge in [0.25, 0.3) is 5.91 Å². The van der Waals surface area contributed by atoms with Gasteiger partial charge >= 0.3 is 0 Å². The number of ether oxygens (including phenoxy) is 1. The van der Waals surface area contributed by atoms with Crippen LogP contribution in [0.3, 0.4) is 0 Å². The molecule has 6 nitrogen and oxygen atoms in total. The Morgan fingerprint density at radius 3 is 2.64 bits per heavy atom. The highest BCUT2D eigenvalue weighted by atomic mass is 16.5. The average Bonchev–Trinajstić information content (AvgIpc) is 3.10. The summed E-state index contributed by atoms with van der Waals surface area (Å²) in [7, 11) is 2.16. The molecule has 0 aromatic carbocycles. The maximum absolute atomic E-state index is 12.2. The molecule has 0 radical (unpaired) electrons. The van der Waals surface area contributed by atoms with Crippen molar-refractivity contribution in [2.75, 3.05) is 53.0 Å². The van der Waals surface area contributed by atoms with E-state index in [9.17, 15) is 4.79 Å². The lowest BCUT2D eigenvalue weighted by atomic mass is 9.85. The lowest BCUT2D eigenvalue weighted by Crippen LogP contribution is -2.62. The van der Waals surface area contributed by atoms with E-state index in [4.69, 9.17) is 9.15 Å². The Morgan fingerprint density at radius 1 is 1.27 bits per heavy atom. The zero-order valence-electron chi connectivity index (χ0n) is 13.2. The largest absolute Gasteiger partial charge is 0.459 e. The average molecular weight is 307 g/mol. The van der Waals surface area contributed by atoms with Crippen LogP contribution in [0, 0.1) is 0 Å². The van der Waals surface area contributed by atoms with Crippen LogP contribution >= 0.6 is 0 Å². The van der Waals surface area contributed by atoms with Crippen LogP contribution in [0.15, 0.2) is 22.8 Å². The maximum atomic E-state index is 12.2. The summed E-state index contributed by atoms with van der Waals surface area (Å²) in [5, 5.41) is 3.07. The van der Waals surface area contributed by atoms with Gasteiger partial charge in [0, 0.05) is 25.2 Å². The Morgan fingerprint density at radius 2 is 2.00 bits per heavy atom. The summed E-state index contributed by atoms with van der Waals surface area (Å²) in [6, 6.07) is 3.44. The molecule has 0 unspecified atom stereocenters. The number of carbonyl (C=O) groups is 1. The number of hydrogen-bond donors (Lipinski definition) is 1. The number of nitrogens with zero attached hydrogens (tertiary/aromatic N) is 2. The molecule has 0 saturated carbocycles. The van der Waals surface area contributed by atoms with Gasteiger partial charge < -0.3 is 19.4 Å². The van der Waals surface area contributed by atoms with Crippen LogP contribution in [0.2, 0.25) is 0 Å². The van der Waals surface area contributed by atoms with Gasteiger partial charge in [-0.05, 0) is 45.1 Å². The minimum Gasteiger partial charge on any atom is -0.459 e. The van der Waals surface area contributed by atoms with Gasteiger partial charge in [-0.2, -0.15) is 0 Å². The van der Waals surface area contributed by atoms with Crippen molar-refractivity contribution in [1.29, 1.82) is 0 Å². The molecule has 2 aliphatic rings. The van der Waals surface area contributed by atoms with Crippen molar-refractivity contribution in [3.8, 4) is 0 Å². The number of furan rings is 1. The van der Waals surface area contributed by atoms with E-state index >= 15 is 0 Å². The van der Waals surface area contributed by atoms with Crippen LogP contribution in [0.5, 0.6) is 0 Å². The topological polar surface area (TPSA) is 58.0 Å². The molecule has 3 heterocycles. The summed E-state index contributed by atoms with van der Waals surface area (Å²) < 4.78 is 10.7. The van der Waals surface area contributed by atoms with Gasteiger partial charge in [-0.3, -0.25) is 9.69 Å². The Hall–Kier alpha value is -1.37. The zero-order chi connectivity index (χ0) is 15.4. The normalized spacial score (nSPS) is 23.3. The molecule has 0 atom stereocenters. The molecule has 6 heteroatoms. The molecular formula is C16H25N3O3. The van der Waals surface area contributed by atoms with Crippen molar-refractivity contribution in [2.24, 2.45) is 0 Å². The van der Waals surface area contributed by atoms with Gasteiger partial charge in [0.05, 0.1) is 19.5 Å². The predicted octanol–water partition coefficient (Wildman–Crippen LogP) is 0.806. The van der Waals surface area contributed by atoms with Crippen molar-refractivity contribution in [2.45, 2.75) is 18.4 Å². The SMILES string of the molecule is CN1CCC(CNC(=O)c2ccco2)(N2CCOCC2)CC1. The third kappa shape index (κ3) is 3.34. The first-order valence-electron chi connectivity index (χ1n) is 8.03. The monoisotopic (exact) mass is 307 g/mol. The molecule has 3 rings (SSSR count). The molecule has 22 heavy (non-hydrogen) atoms. The number of hydrogen-bond acceptors (Lipinski definition) is 5. The van der Waals surface area contributed by atoms with Crippen LogP contribution in [0.1, 0.15) is 23.4 Å². The molecule has 1 amide bonds. The molecule has 1 N–H and O–H groups in total. The van der Waals surface area contributed by atoms with Gasteiger partial charge in [0.1, 0.15) is 0 Å². The quantitative estimate of drug-likeness (QED) is 0.892. The third-order valence-electron chi connectivity index (χ3n) is 4.92. The number of amides is 1. The highest BCUT2D eigenvalue weighted by Crippen LogP contribution is 2.29. The van der Waals surface area contributed by atoms with Crippen molar-refractivity contribution < 1.29 is 13.9 Å². The second-order valence-corrected chi connectivity index (χ2v) is 6.29. The van der Waals surface area contributed by atoms with Gasteiger partial charge in [-0.15, -0.1) is 0 Å². The van der Waals surface area contributed by atoms with Crippen LogP contribution in [0.4, 0.5) is 0 Å². The number of rotatable bonds is 4. The Labute approximate surface area is 131 Å². The van der Waals surface area contributed by atoms with E-state index in [1.54, 1.807) is 12.1 Å². The summed E-state index contributed by atoms with van der Waals surface area (Å²) in [5.41, 5.74) is 0.0402. The first-order chi connectivity index (χ1) is 10.7. The molecule has 1 aromatic heterocycles. The fourth-order valence-electron chi connectivity index (χ4n) is 3.42. The molecule has 2 saturated heterocycles. The molecule has 2 fully saturated rings. The molecule has 122 valence electrons. The zero-order valence-corrected chi connectivity index (χ0v) is 13.2. The number of nitrogens with one attached hydrogen (secondary N) is 1. The van der Waals surface area contributed by atoms with Crippen molar-refractivity contribution in [3.63, 3.8) is 0 Å². The van der Waals surface area contributed by atoms with E-state index < -0.39 is 0 Å². The summed E-state index contributed by atoms with van der Waals surface area (Å²) >= 11 is 0. The van der Waals surface area contributed by atoms with E-state index in [0.29, 0.717) is 12.3 Å². The molecule has 0 aliphatic carbocycles. The summed E-state index contributed by atoms with van der Waals surface area (Å²) in [6.07, 6.45) is 3.67. The highest BCUT2D eigenvalue weighted by molar-refractivity contribution is 5.91. The van der Waals surface area contributed by atoms with Crippen molar-refractivity contribution in [1.82, 2.24) is 15.1 Å². The van der Waals surface area contributed by atoms with E-state index in [2.05, 4.69) is 22.2 Å².